The van der Waals surface area contributed by atoms with Crippen molar-refractivity contribution in [1.82, 2.24) is 14.5 Å². The molecule has 126 valence electrons. The van der Waals surface area contributed by atoms with Gasteiger partial charge in [-0.1, -0.05) is 0 Å². The molecule has 8 heteroatoms. The van der Waals surface area contributed by atoms with Gasteiger partial charge in [-0.2, -0.15) is 5.10 Å². The van der Waals surface area contributed by atoms with Gasteiger partial charge in [-0.25, -0.2) is 13.1 Å². The molecule has 2 aromatic rings. The average Bonchev–Trinajstić information content (AvgIpc) is 2.90. The molecule has 1 aromatic carbocycles. The van der Waals surface area contributed by atoms with Crippen LogP contribution in [0, 0.1) is 6.92 Å². The van der Waals surface area contributed by atoms with Crippen molar-refractivity contribution in [3.8, 4) is 5.75 Å². The Morgan fingerprint density at radius 1 is 1.43 bits per heavy atom. The molecule has 0 unspecified atom stereocenters. The van der Waals surface area contributed by atoms with E-state index >= 15 is 0 Å². The smallest absolute Gasteiger partial charge is 0.241 e. The zero-order valence-corrected chi connectivity index (χ0v) is 14.2. The summed E-state index contributed by atoms with van der Waals surface area (Å²) in [6.07, 6.45) is 3.80. The highest BCUT2D eigenvalue weighted by Crippen LogP contribution is 2.21. The monoisotopic (exact) mass is 339 g/mol. The van der Waals surface area contributed by atoms with E-state index in [2.05, 4.69) is 9.82 Å². The number of aromatic nitrogens is 2. The van der Waals surface area contributed by atoms with Crippen LogP contribution in [0.25, 0.3) is 0 Å². The number of sulfonamides is 1. The van der Waals surface area contributed by atoms with Crippen LogP contribution in [0.3, 0.4) is 0 Å². The van der Waals surface area contributed by atoms with E-state index in [1.54, 1.807) is 43.2 Å². The zero-order chi connectivity index (χ0) is 17.0. The van der Waals surface area contributed by atoms with Gasteiger partial charge >= 0.3 is 0 Å². The summed E-state index contributed by atoms with van der Waals surface area (Å²) < 4.78 is 34.3. The third-order valence-corrected chi connectivity index (χ3v) is 5.13. The van der Waals surface area contributed by atoms with Crippen LogP contribution < -0.4 is 9.46 Å². The zero-order valence-electron chi connectivity index (χ0n) is 13.4. The average molecular weight is 339 g/mol. The van der Waals surface area contributed by atoms with Crippen LogP contribution in [-0.2, 0) is 23.5 Å². The van der Waals surface area contributed by atoms with Gasteiger partial charge in [0.2, 0.25) is 10.0 Å². The number of methoxy groups -OCH3 is 1. The maximum absolute atomic E-state index is 12.5. The normalized spacial score (nSPS) is 13.0. The molecule has 0 saturated carbocycles. The topological polar surface area (TPSA) is 93.5 Å². The molecule has 1 atom stereocenters. The van der Waals surface area contributed by atoms with Crippen LogP contribution in [0.15, 0.2) is 35.5 Å². The summed E-state index contributed by atoms with van der Waals surface area (Å²) in [5, 5.41) is 13.5. The fourth-order valence-electron chi connectivity index (χ4n) is 2.34. The van der Waals surface area contributed by atoms with E-state index in [-0.39, 0.29) is 11.5 Å². The van der Waals surface area contributed by atoms with Crippen LogP contribution in [0.5, 0.6) is 5.75 Å². The van der Waals surface area contributed by atoms with E-state index in [0.717, 1.165) is 5.56 Å². The quantitative estimate of drug-likeness (QED) is 0.771. The first-order chi connectivity index (χ1) is 10.9. The van der Waals surface area contributed by atoms with Crippen LogP contribution in [0.1, 0.15) is 11.1 Å². The Balaban J connectivity index is 2.18. The molecule has 0 fully saturated rings. The van der Waals surface area contributed by atoms with Crippen molar-refractivity contribution in [2.24, 2.45) is 7.05 Å². The first kappa shape index (κ1) is 17.5. The summed E-state index contributed by atoms with van der Waals surface area (Å²) in [4.78, 5) is 0.169. The van der Waals surface area contributed by atoms with Crippen molar-refractivity contribution < 1.29 is 18.3 Å². The number of benzene rings is 1. The van der Waals surface area contributed by atoms with E-state index in [9.17, 15) is 13.5 Å². The summed E-state index contributed by atoms with van der Waals surface area (Å²) in [6, 6.07) is 4.13. The van der Waals surface area contributed by atoms with Crippen LogP contribution in [0.4, 0.5) is 0 Å². The van der Waals surface area contributed by atoms with Crippen molar-refractivity contribution in [2.75, 3.05) is 13.7 Å². The molecule has 0 radical (unpaired) electrons. The minimum atomic E-state index is -3.73. The Morgan fingerprint density at radius 2 is 2.17 bits per heavy atom. The molecule has 0 bridgehead atoms. The molecule has 23 heavy (non-hydrogen) atoms. The maximum Gasteiger partial charge on any atom is 0.241 e. The molecule has 0 aliphatic carbocycles. The molecule has 1 heterocycles. The van der Waals surface area contributed by atoms with E-state index in [4.69, 9.17) is 4.74 Å². The Bertz CT molecular complexity index is 771. The number of nitrogens with zero attached hydrogens (tertiary/aromatic N) is 2. The fourth-order valence-corrected chi connectivity index (χ4v) is 3.79. The van der Waals surface area contributed by atoms with Crippen molar-refractivity contribution in [1.29, 1.82) is 0 Å². The largest absolute Gasteiger partial charge is 0.497 e. The number of aryl methyl sites for hydroxylation is 2. The summed E-state index contributed by atoms with van der Waals surface area (Å²) in [7, 11) is -0.429. The standard InChI is InChI=1S/C15H21N3O4S/c1-11-6-14(22-3)4-5-15(11)23(20,21)17-13(10-19)7-12-8-16-18(2)9-12/h4-6,8-9,13,17,19H,7,10H2,1-3H3/t13-/m0/s1. The highest BCUT2D eigenvalue weighted by atomic mass is 32.2. The van der Waals surface area contributed by atoms with Crippen LogP contribution >= 0.6 is 0 Å². The second-order valence-corrected chi connectivity index (χ2v) is 7.04. The number of nitrogens with one attached hydrogen (secondary N) is 1. The highest BCUT2D eigenvalue weighted by molar-refractivity contribution is 7.89. The first-order valence-corrected chi connectivity index (χ1v) is 8.59. The van der Waals surface area contributed by atoms with Crippen molar-refractivity contribution >= 4 is 10.0 Å². The Hall–Kier alpha value is -1.90. The SMILES string of the molecule is COc1ccc(S(=O)(=O)N[C@H](CO)Cc2cnn(C)c2)c(C)c1. The van der Waals surface area contributed by atoms with E-state index in [1.807, 2.05) is 0 Å². The lowest BCUT2D eigenvalue weighted by Gasteiger charge is -2.17. The van der Waals surface area contributed by atoms with Crippen molar-refractivity contribution in [2.45, 2.75) is 24.3 Å². The lowest BCUT2D eigenvalue weighted by molar-refractivity contribution is 0.256. The van der Waals surface area contributed by atoms with E-state index < -0.39 is 16.1 Å². The van der Waals surface area contributed by atoms with Gasteiger partial charge in [-0.05, 0) is 42.7 Å². The molecule has 1 aromatic heterocycles. The van der Waals surface area contributed by atoms with Crippen molar-refractivity contribution in [3.05, 3.63) is 41.7 Å². The summed E-state index contributed by atoms with van der Waals surface area (Å²) in [6.45, 7) is 1.40. The van der Waals surface area contributed by atoms with Crippen LogP contribution in [0.2, 0.25) is 0 Å². The molecule has 0 aliphatic rings. The lowest BCUT2D eigenvalue weighted by atomic mass is 10.1. The Morgan fingerprint density at radius 3 is 2.70 bits per heavy atom. The molecule has 0 spiro atoms. The van der Waals surface area contributed by atoms with Crippen molar-refractivity contribution in [3.63, 3.8) is 0 Å². The molecular weight excluding hydrogens is 318 g/mol. The number of rotatable bonds is 7. The third-order valence-electron chi connectivity index (χ3n) is 3.45. The molecule has 0 saturated heterocycles. The lowest BCUT2D eigenvalue weighted by Crippen LogP contribution is -2.39. The minimum Gasteiger partial charge on any atom is -0.497 e. The maximum atomic E-state index is 12.5. The number of ether oxygens (including phenoxy) is 1. The van der Waals surface area contributed by atoms with Gasteiger partial charge < -0.3 is 9.84 Å². The molecule has 2 N–H and O–H groups in total. The number of hydrogen-bond donors (Lipinski definition) is 2. The second kappa shape index (κ2) is 7.12. The number of aliphatic hydroxyl groups is 1. The first-order valence-electron chi connectivity index (χ1n) is 7.11. The molecule has 0 aliphatic heterocycles. The number of aliphatic hydroxyl groups excluding tert-OH is 1. The third kappa shape index (κ3) is 4.31. The van der Waals surface area contributed by atoms with Gasteiger partial charge in [0.15, 0.2) is 0 Å². The van der Waals surface area contributed by atoms with Crippen LogP contribution in [-0.4, -0.2) is 43.1 Å². The summed E-state index contributed by atoms with van der Waals surface area (Å²) in [5.74, 6) is 0.593. The second-order valence-electron chi connectivity index (χ2n) is 5.36. The molecular formula is C15H21N3O4S. The van der Waals surface area contributed by atoms with Gasteiger partial charge in [0.25, 0.3) is 0 Å². The molecule has 7 nitrogen and oxygen atoms in total. The molecule has 0 amide bonds. The highest BCUT2D eigenvalue weighted by Gasteiger charge is 2.22. The van der Waals surface area contributed by atoms with Gasteiger partial charge in [0.1, 0.15) is 5.75 Å². The summed E-state index contributed by atoms with van der Waals surface area (Å²) in [5.41, 5.74) is 1.43. The predicted molar refractivity (Wildman–Crippen MR) is 85.8 cm³/mol. The van der Waals surface area contributed by atoms with Gasteiger partial charge in [-0.3, -0.25) is 4.68 Å². The van der Waals surface area contributed by atoms with E-state index in [1.165, 1.54) is 13.2 Å². The fraction of sp³-hybridized carbons (Fsp3) is 0.400. The van der Waals surface area contributed by atoms with Gasteiger partial charge in [-0.15, -0.1) is 0 Å². The molecule has 2 rings (SSSR count). The van der Waals surface area contributed by atoms with E-state index in [0.29, 0.717) is 17.7 Å². The Kier molecular flexibility index (Phi) is 5.40. The Labute approximate surface area is 136 Å². The van der Waals surface area contributed by atoms with Gasteiger partial charge in [0, 0.05) is 19.3 Å². The number of hydrogen-bond acceptors (Lipinski definition) is 5. The predicted octanol–water partition coefficient (Wildman–Crippen LogP) is 0.619. The minimum absolute atomic E-state index is 0.169. The summed E-state index contributed by atoms with van der Waals surface area (Å²) >= 11 is 0. The van der Waals surface area contributed by atoms with Gasteiger partial charge in [0.05, 0.1) is 24.8 Å².